The van der Waals surface area contributed by atoms with E-state index in [1.807, 2.05) is 0 Å². The van der Waals surface area contributed by atoms with Crippen LogP contribution in [-0.4, -0.2) is 13.9 Å². The fourth-order valence-corrected chi connectivity index (χ4v) is 5.55. The predicted molar refractivity (Wildman–Crippen MR) is 73.3 cm³/mol. The molecule has 1 saturated carbocycles. The van der Waals surface area contributed by atoms with Gasteiger partial charge in [-0.15, -0.1) is 0 Å². The second-order valence-corrected chi connectivity index (χ2v) is 10.4. The summed E-state index contributed by atoms with van der Waals surface area (Å²) in [5.41, 5.74) is 2.54. The topological polar surface area (TPSA) is 17.1 Å². The highest BCUT2D eigenvalue weighted by atomic mass is 28.3. The Bertz CT molecular complexity index is 245. The van der Waals surface area contributed by atoms with Gasteiger partial charge in [0.15, 0.2) is 0 Å². The molecule has 0 unspecified atom stereocenters. The Morgan fingerprint density at radius 1 is 1.25 bits per heavy atom. The van der Waals surface area contributed by atoms with Crippen LogP contribution in [0, 0.1) is 5.92 Å². The molecular formula is C14H26OSi. The van der Waals surface area contributed by atoms with Gasteiger partial charge in [-0.1, -0.05) is 50.7 Å². The van der Waals surface area contributed by atoms with Crippen molar-refractivity contribution in [1.29, 1.82) is 0 Å². The molecule has 0 aromatic carbocycles. The highest BCUT2D eigenvalue weighted by Gasteiger charge is 2.24. The van der Waals surface area contributed by atoms with E-state index in [0.717, 1.165) is 19.3 Å². The zero-order valence-corrected chi connectivity index (χ0v) is 12.1. The maximum Gasteiger partial charge on any atom is 0.133 e. The highest BCUT2D eigenvalue weighted by Crippen LogP contribution is 2.26. The first-order valence-corrected chi connectivity index (χ1v) is 9.56. The minimum absolute atomic E-state index is 0.470. The van der Waals surface area contributed by atoms with Gasteiger partial charge in [0, 0.05) is 12.8 Å². The maximum absolute atomic E-state index is 11.4. The second kappa shape index (κ2) is 6.38. The van der Waals surface area contributed by atoms with Gasteiger partial charge >= 0.3 is 0 Å². The summed E-state index contributed by atoms with van der Waals surface area (Å²) in [4.78, 5) is 11.4. The standard InChI is InChI=1S/C14H26OSi/c1-4-16(5-2,6-3)11-10-13-8-7-9-14(15)12-13/h10-11,13H,4-9,12H2,1-3H3/b11-10+/t13-/m1/s1. The lowest BCUT2D eigenvalue weighted by Crippen LogP contribution is -2.29. The number of rotatable bonds is 5. The van der Waals surface area contributed by atoms with Gasteiger partial charge in [0.05, 0.1) is 8.07 Å². The summed E-state index contributed by atoms with van der Waals surface area (Å²) in [7, 11) is -1.12. The van der Waals surface area contributed by atoms with Crippen molar-refractivity contribution in [3.8, 4) is 0 Å². The third kappa shape index (κ3) is 3.58. The lowest BCUT2D eigenvalue weighted by molar-refractivity contribution is -0.121. The predicted octanol–water partition coefficient (Wildman–Crippen LogP) is 4.35. The van der Waals surface area contributed by atoms with Crippen LogP contribution in [0.5, 0.6) is 0 Å². The zero-order valence-electron chi connectivity index (χ0n) is 11.1. The smallest absolute Gasteiger partial charge is 0.133 e. The quantitative estimate of drug-likeness (QED) is 0.651. The average molecular weight is 238 g/mol. The Kier molecular flexibility index (Phi) is 5.46. The fourth-order valence-electron chi connectivity index (χ4n) is 2.67. The first-order valence-electron chi connectivity index (χ1n) is 6.87. The number of ketones is 1. The summed E-state index contributed by atoms with van der Waals surface area (Å²) < 4.78 is 0. The summed E-state index contributed by atoms with van der Waals surface area (Å²) in [6.07, 6.45) is 6.34. The van der Waals surface area contributed by atoms with E-state index < -0.39 is 8.07 Å². The molecule has 0 aromatic rings. The van der Waals surface area contributed by atoms with Crippen LogP contribution >= 0.6 is 0 Å². The third-order valence-corrected chi connectivity index (χ3v) is 9.48. The Labute approximate surface area is 101 Å². The molecule has 92 valence electrons. The van der Waals surface area contributed by atoms with Crippen LogP contribution in [0.1, 0.15) is 46.5 Å². The maximum atomic E-state index is 11.4. The van der Waals surface area contributed by atoms with Crippen LogP contribution in [0.25, 0.3) is 0 Å². The molecule has 1 atom stereocenters. The first kappa shape index (κ1) is 13.7. The van der Waals surface area contributed by atoms with Gasteiger partial charge in [-0.05, 0) is 18.8 Å². The Morgan fingerprint density at radius 3 is 2.38 bits per heavy atom. The molecule has 1 nitrogen and oxygen atoms in total. The molecule has 1 rings (SSSR count). The molecule has 0 aromatic heterocycles. The van der Waals surface area contributed by atoms with Gasteiger partial charge in [0.2, 0.25) is 0 Å². The summed E-state index contributed by atoms with van der Waals surface area (Å²) >= 11 is 0. The van der Waals surface area contributed by atoms with E-state index in [4.69, 9.17) is 0 Å². The van der Waals surface area contributed by atoms with Crippen LogP contribution in [0.2, 0.25) is 18.1 Å². The molecule has 0 amide bonds. The molecule has 1 fully saturated rings. The van der Waals surface area contributed by atoms with Crippen molar-refractivity contribution in [2.24, 2.45) is 5.92 Å². The lowest BCUT2D eigenvalue weighted by Gasteiger charge is -2.25. The summed E-state index contributed by atoms with van der Waals surface area (Å²) in [5, 5.41) is 0. The summed E-state index contributed by atoms with van der Waals surface area (Å²) in [6, 6.07) is 4.03. The van der Waals surface area contributed by atoms with E-state index >= 15 is 0 Å². The van der Waals surface area contributed by atoms with E-state index in [0.29, 0.717) is 11.7 Å². The van der Waals surface area contributed by atoms with Crippen LogP contribution in [0.3, 0.4) is 0 Å². The van der Waals surface area contributed by atoms with Crippen molar-refractivity contribution >= 4 is 13.9 Å². The lowest BCUT2D eigenvalue weighted by atomic mass is 9.89. The normalized spacial score (nSPS) is 22.9. The molecule has 0 aliphatic heterocycles. The van der Waals surface area contributed by atoms with Gasteiger partial charge in [0.25, 0.3) is 0 Å². The Hall–Kier alpha value is -0.373. The number of Topliss-reactive ketones (excluding diaryl/α,β-unsaturated/α-hetero) is 1. The van der Waals surface area contributed by atoms with Gasteiger partial charge in [-0.25, -0.2) is 0 Å². The highest BCUT2D eigenvalue weighted by molar-refractivity contribution is 6.84. The number of hydrogen-bond donors (Lipinski definition) is 0. The number of carbonyl (C=O) groups excluding carboxylic acids is 1. The molecule has 0 N–H and O–H groups in total. The molecule has 0 radical (unpaired) electrons. The van der Waals surface area contributed by atoms with E-state index in [9.17, 15) is 4.79 Å². The zero-order chi connectivity index (χ0) is 12.0. The van der Waals surface area contributed by atoms with Crippen molar-refractivity contribution in [2.45, 2.75) is 64.6 Å². The van der Waals surface area contributed by atoms with E-state index in [-0.39, 0.29) is 0 Å². The molecule has 0 bridgehead atoms. The molecule has 0 spiro atoms. The van der Waals surface area contributed by atoms with Crippen molar-refractivity contribution in [3.05, 3.63) is 11.8 Å². The monoisotopic (exact) mass is 238 g/mol. The molecule has 16 heavy (non-hydrogen) atoms. The van der Waals surface area contributed by atoms with Crippen LogP contribution in [0.15, 0.2) is 11.8 Å². The molecule has 0 heterocycles. The minimum Gasteiger partial charge on any atom is -0.300 e. The first-order chi connectivity index (χ1) is 7.65. The summed E-state index contributed by atoms with van der Waals surface area (Å²) in [5.74, 6) is 1.02. The van der Waals surface area contributed by atoms with Crippen LogP contribution in [-0.2, 0) is 4.79 Å². The van der Waals surface area contributed by atoms with E-state index in [1.54, 1.807) is 0 Å². The number of hydrogen-bond acceptors (Lipinski definition) is 1. The third-order valence-electron chi connectivity index (χ3n) is 4.35. The van der Waals surface area contributed by atoms with Crippen LogP contribution in [0.4, 0.5) is 0 Å². The van der Waals surface area contributed by atoms with Crippen molar-refractivity contribution in [1.82, 2.24) is 0 Å². The van der Waals surface area contributed by atoms with Gasteiger partial charge in [-0.3, -0.25) is 4.79 Å². The Balaban J connectivity index is 2.59. The molecule has 2 heteroatoms. The molecule has 1 aliphatic carbocycles. The SMILES string of the molecule is CC[Si](/C=C/[C@H]1CCCC(=O)C1)(CC)CC. The molecule has 1 aliphatic rings. The number of carbonyl (C=O) groups is 1. The average Bonchev–Trinajstić information content (AvgIpc) is 2.32. The van der Waals surface area contributed by atoms with Gasteiger partial charge < -0.3 is 0 Å². The largest absolute Gasteiger partial charge is 0.300 e. The molecular weight excluding hydrogens is 212 g/mol. The fraction of sp³-hybridized carbons (Fsp3) is 0.786. The second-order valence-electron chi connectivity index (χ2n) is 5.18. The van der Waals surface area contributed by atoms with Crippen molar-refractivity contribution < 1.29 is 4.79 Å². The minimum atomic E-state index is -1.12. The van der Waals surface area contributed by atoms with Crippen molar-refractivity contribution in [3.63, 3.8) is 0 Å². The summed E-state index contributed by atoms with van der Waals surface area (Å²) in [6.45, 7) is 6.99. The van der Waals surface area contributed by atoms with Gasteiger partial charge in [0.1, 0.15) is 5.78 Å². The van der Waals surface area contributed by atoms with Crippen LogP contribution < -0.4 is 0 Å². The van der Waals surface area contributed by atoms with Crippen molar-refractivity contribution in [2.75, 3.05) is 0 Å². The Morgan fingerprint density at radius 2 is 1.88 bits per heavy atom. The van der Waals surface area contributed by atoms with E-state index in [1.165, 1.54) is 24.6 Å². The van der Waals surface area contributed by atoms with E-state index in [2.05, 4.69) is 32.5 Å². The molecule has 0 saturated heterocycles. The van der Waals surface area contributed by atoms with Gasteiger partial charge in [-0.2, -0.15) is 0 Å². The number of allylic oxidation sites excluding steroid dienone is 1.